The van der Waals surface area contributed by atoms with Crippen LogP contribution in [-0.4, -0.2) is 53.8 Å². The van der Waals surface area contributed by atoms with E-state index in [2.05, 4.69) is 10.1 Å². The molecule has 0 atom stereocenters. The number of hydrogen-bond donors (Lipinski definition) is 0. The third kappa shape index (κ3) is 5.02. The second-order valence-electron chi connectivity index (χ2n) is 6.11. The van der Waals surface area contributed by atoms with Gasteiger partial charge in [-0.15, -0.1) is 11.3 Å². The summed E-state index contributed by atoms with van der Waals surface area (Å²) in [5.74, 6) is 0.371. The molecule has 0 saturated heterocycles. The van der Waals surface area contributed by atoms with Crippen LogP contribution in [0.5, 0.6) is 0 Å². The van der Waals surface area contributed by atoms with Gasteiger partial charge in [-0.05, 0) is 42.6 Å². The van der Waals surface area contributed by atoms with Crippen LogP contribution >= 0.6 is 22.9 Å². The highest BCUT2D eigenvalue weighted by molar-refractivity contribution is 7.89. The van der Waals surface area contributed by atoms with Crippen LogP contribution in [0.2, 0.25) is 5.02 Å². The number of hydrogen-bond acceptors (Lipinski definition) is 7. The maximum absolute atomic E-state index is 12.7. The SMILES string of the molecule is CCN(Cc1nc(-c2cccs2)no1)C(=O)CN(C)S(=O)(=O)c1ccc(Cl)cc1. The Morgan fingerprint density at radius 1 is 1.24 bits per heavy atom. The Morgan fingerprint density at radius 2 is 1.97 bits per heavy atom. The molecule has 0 saturated carbocycles. The topological polar surface area (TPSA) is 96.6 Å². The minimum atomic E-state index is -3.81. The third-order valence-electron chi connectivity index (χ3n) is 4.15. The number of halogens is 1. The van der Waals surface area contributed by atoms with E-state index in [9.17, 15) is 13.2 Å². The van der Waals surface area contributed by atoms with Gasteiger partial charge < -0.3 is 9.42 Å². The second-order valence-corrected chi connectivity index (χ2v) is 9.54. The van der Waals surface area contributed by atoms with Gasteiger partial charge in [0.15, 0.2) is 0 Å². The largest absolute Gasteiger partial charge is 0.337 e. The first-order valence-corrected chi connectivity index (χ1v) is 11.4. The zero-order valence-corrected chi connectivity index (χ0v) is 18.2. The van der Waals surface area contributed by atoms with Crippen LogP contribution in [0, 0.1) is 0 Å². The van der Waals surface area contributed by atoms with Crippen LogP contribution in [-0.2, 0) is 21.4 Å². The summed E-state index contributed by atoms with van der Waals surface area (Å²) in [5.41, 5.74) is 0. The van der Waals surface area contributed by atoms with E-state index in [1.165, 1.54) is 47.5 Å². The number of amides is 1. The highest BCUT2D eigenvalue weighted by atomic mass is 35.5. The summed E-state index contributed by atoms with van der Waals surface area (Å²) >= 11 is 7.29. The lowest BCUT2D eigenvalue weighted by Crippen LogP contribution is -2.40. The van der Waals surface area contributed by atoms with E-state index >= 15 is 0 Å². The van der Waals surface area contributed by atoms with Crippen LogP contribution in [0.4, 0.5) is 0 Å². The molecular weight excluding hydrogens is 436 g/mol. The highest BCUT2D eigenvalue weighted by Gasteiger charge is 2.25. The summed E-state index contributed by atoms with van der Waals surface area (Å²) in [7, 11) is -2.46. The van der Waals surface area contributed by atoms with Crippen molar-refractivity contribution in [1.29, 1.82) is 0 Å². The van der Waals surface area contributed by atoms with Gasteiger partial charge in [0.05, 0.1) is 16.3 Å². The van der Waals surface area contributed by atoms with Crippen molar-refractivity contribution in [1.82, 2.24) is 19.3 Å². The molecule has 0 bridgehead atoms. The van der Waals surface area contributed by atoms with E-state index in [0.29, 0.717) is 17.4 Å². The van der Waals surface area contributed by atoms with Gasteiger partial charge >= 0.3 is 0 Å². The summed E-state index contributed by atoms with van der Waals surface area (Å²) in [6, 6.07) is 9.54. The van der Waals surface area contributed by atoms with E-state index in [0.717, 1.165) is 9.18 Å². The molecule has 0 spiro atoms. The molecule has 0 unspecified atom stereocenters. The predicted molar refractivity (Wildman–Crippen MR) is 110 cm³/mol. The number of sulfonamides is 1. The number of likely N-dealkylation sites (N-methyl/N-ethyl adjacent to an activating group) is 2. The van der Waals surface area contributed by atoms with Crippen molar-refractivity contribution in [3.05, 3.63) is 52.7 Å². The molecule has 2 heterocycles. The molecule has 0 N–H and O–H groups in total. The Kier molecular flexibility index (Phi) is 6.68. The van der Waals surface area contributed by atoms with Crippen LogP contribution < -0.4 is 0 Å². The highest BCUT2D eigenvalue weighted by Crippen LogP contribution is 2.22. The number of carbonyl (C=O) groups excluding carboxylic acids is 1. The van der Waals surface area contributed by atoms with E-state index in [1.54, 1.807) is 6.92 Å². The number of nitrogens with zero attached hydrogens (tertiary/aromatic N) is 4. The summed E-state index contributed by atoms with van der Waals surface area (Å²) in [5, 5.41) is 6.26. The Bertz CT molecular complexity index is 1070. The lowest BCUT2D eigenvalue weighted by atomic mass is 10.4. The quantitative estimate of drug-likeness (QED) is 0.518. The number of thiophene rings is 1. The first kappa shape index (κ1) is 21.4. The van der Waals surface area contributed by atoms with Crippen LogP contribution in [0.15, 0.2) is 51.2 Å². The number of carbonyl (C=O) groups is 1. The van der Waals surface area contributed by atoms with Crippen molar-refractivity contribution in [3.63, 3.8) is 0 Å². The molecule has 8 nitrogen and oxygen atoms in total. The normalized spacial score (nSPS) is 11.7. The van der Waals surface area contributed by atoms with Crippen molar-refractivity contribution >= 4 is 38.9 Å². The molecule has 29 heavy (non-hydrogen) atoms. The molecule has 11 heteroatoms. The first-order valence-electron chi connectivity index (χ1n) is 8.67. The Balaban J connectivity index is 1.67. The maximum atomic E-state index is 12.7. The van der Waals surface area contributed by atoms with Gasteiger partial charge in [-0.1, -0.05) is 22.8 Å². The van der Waals surface area contributed by atoms with E-state index in [4.69, 9.17) is 16.1 Å². The van der Waals surface area contributed by atoms with Crippen LogP contribution in [0.3, 0.4) is 0 Å². The molecule has 0 fully saturated rings. The zero-order valence-electron chi connectivity index (χ0n) is 15.8. The van der Waals surface area contributed by atoms with Gasteiger partial charge in [0, 0.05) is 18.6 Å². The van der Waals surface area contributed by atoms with Crippen LogP contribution in [0.25, 0.3) is 10.7 Å². The zero-order chi connectivity index (χ0) is 21.0. The standard InChI is InChI=1S/C18H19ClN4O4S2/c1-3-23(11-16-20-18(21-27-16)15-5-4-10-28-15)17(24)12-22(2)29(25,26)14-8-6-13(19)7-9-14/h4-10H,3,11-12H2,1-2H3. The molecule has 3 rings (SSSR count). The van der Waals surface area contributed by atoms with Gasteiger partial charge in [0.1, 0.15) is 6.54 Å². The molecule has 1 aromatic carbocycles. The summed E-state index contributed by atoms with van der Waals surface area (Å²) in [6.45, 7) is 1.94. The number of benzene rings is 1. The third-order valence-corrected chi connectivity index (χ3v) is 7.09. The average Bonchev–Trinajstić information content (AvgIpc) is 3.38. The summed E-state index contributed by atoms with van der Waals surface area (Å²) in [4.78, 5) is 19.4. The van der Waals surface area contributed by atoms with Crippen molar-refractivity contribution in [2.24, 2.45) is 0 Å². The van der Waals surface area contributed by atoms with Crippen molar-refractivity contribution in [3.8, 4) is 10.7 Å². The molecule has 0 aliphatic rings. The number of aromatic nitrogens is 2. The molecule has 0 aliphatic heterocycles. The van der Waals surface area contributed by atoms with Gasteiger partial charge in [-0.25, -0.2) is 8.42 Å². The second kappa shape index (κ2) is 9.04. The lowest BCUT2D eigenvalue weighted by Gasteiger charge is -2.23. The van der Waals surface area contributed by atoms with E-state index in [-0.39, 0.29) is 29.8 Å². The molecule has 2 aromatic heterocycles. The van der Waals surface area contributed by atoms with Gasteiger partial charge in [0.25, 0.3) is 0 Å². The minimum Gasteiger partial charge on any atom is -0.337 e. The van der Waals surface area contributed by atoms with Gasteiger partial charge in [0.2, 0.25) is 27.6 Å². The molecular formula is C18H19ClN4O4S2. The Hall–Kier alpha value is -2.27. The fraction of sp³-hybridized carbons (Fsp3) is 0.278. The smallest absolute Gasteiger partial charge is 0.246 e. The maximum Gasteiger partial charge on any atom is 0.246 e. The molecule has 1 amide bonds. The Labute approximate surface area is 177 Å². The molecule has 154 valence electrons. The van der Waals surface area contributed by atoms with Crippen molar-refractivity contribution < 1.29 is 17.7 Å². The van der Waals surface area contributed by atoms with Crippen LogP contribution in [0.1, 0.15) is 12.8 Å². The minimum absolute atomic E-state index is 0.0674. The Morgan fingerprint density at radius 3 is 2.59 bits per heavy atom. The van der Waals surface area contributed by atoms with Gasteiger partial charge in [-0.2, -0.15) is 9.29 Å². The fourth-order valence-electron chi connectivity index (χ4n) is 2.53. The molecule has 3 aromatic rings. The lowest BCUT2D eigenvalue weighted by molar-refractivity contribution is -0.132. The predicted octanol–water partition coefficient (Wildman–Crippen LogP) is 3.12. The van der Waals surface area contributed by atoms with Gasteiger partial charge in [-0.3, -0.25) is 4.79 Å². The van der Waals surface area contributed by atoms with E-state index in [1.807, 2.05) is 17.5 Å². The number of rotatable bonds is 8. The molecule has 0 aliphatic carbocycles. The average molecular weight is 455 g/mol. The summed E-state index contributed by atoms with van der Waals surface area (Å²) < 4.78 is 31.5. The van der Waals surface area contributed by atoms with Crippen molar-refractivity contribution in [2.45, 2.75) is 18.4 Å². The summed E-state index contributed by atoms with van der Waals surface area (Å²) in [6.07, 6.45) is 0. The monoisotopic (exact) mass is 454 g/mol. The van der Waals surface area contributed by atoms with E-state index < -0.39 is 10.0 Å². The molecule has 0 radical (unpaired) electrons. The fourth-order valence-corrected chi connectivity index (χ4v) is 4.42. The van der Waals surface area contributed by atoms with Crippen molar-refractivity contribution in [2.75, 3.05) is 20.1 Å². The first-order chi connectivity index (χ1) is 13.8.